The number of hydrogen-bond acceptors (Lipinski definition) is 4. The Morgan fingerprint density at radius 1 is 0.895 bits per heavy atom. The van der Waals surface area contributed by atoms with Crippen LogP contribution in [0.3, 0.4) is 0 Å². The van der Waals surface area contributed by atoms with Gasteiger partial charge < -0.3 is 19.6 Å². The van der Waals surface area contributed by atoms with Crippen molar-refractivity contribution < 1.29 is 23.8 Å². The third-order valence-electron chi connectivity index (χ3n) is 6.36. The normalized spacial score (nSPS) is 12.1. The highest BCUT2D eigenvalue weighted by molar-refractivity contribution is 5.94. The third kappa shape index (κ3) is 7.80. The first-order chi connectivity index (χ1) is 18.4. The predicted octanol–water partition coefficient (Wildman–Crippen LogP) is 6.38. The van der Waals surface area contributed by atoms with E-state index in [9.17, 15) is 9.59 Å². The van der Waals surface area contributed by atoms with Crippen LogP contribution < -0.4 is 5.32 Å². The Labute approximate surface area is 223 Å². The molecule has 1 amide bonds. The molecule has 1 aromatic heterocycles. The summed E-state index contributed by atoms with van der Waals surface area (Å²) >= 11 is 0. The molecule has 1 atom stereocenters. The van der Waals surface area contributed by atoms with Gasteiger partial charge in [-0.2, -0.15) is 0 Å². The molecule has 0 saturated carbocycles. The fourth-order valence-electron chi connectivity index (χ4n) is 4.43. The molecule has 2 N–H and O–H groups in total. The molecular formula is C32H35NO5. The number of carbonyl (C=O) groups excluding carboxylic acids is 1. The Morgan fingerprint density at radius 2 is 1.55 bits per heavy atom. The van der Waals surface area contributed by atoms with Gasteiger partial charge in [-0.15, -0.1) is 0 Å². The second-order valence-electron chi connectivity index (χ2n) is 10.1. The summed E-state index contributed by atoms with van der Waals surface area (Å²) in [4.78, 5) is 22.9. The Bertz CT molecular complexity index is 1310. The number of fused-ring (bicyclic) bond motifs is 1. The first-order valence-electron chi connectivity index (χ1n) is 13.1. The molecule has 38 heavy (non-hydrogen) atoms. The Morgan fingerprint density at radius 3 is 2.18 bits per heavy atom. The standard InChI is InChI=1S/C32H35NO5/c1-22(2)20-37-21-25(18-24-9-13-27(14-10-24)32(36)33-16-15-31(34)35)17-23-7-11-26(12-8-23)30-19-28-5-3-4-6-29(28)38-30/h3-14,19,22,25H,15-18,20-21H2,1-2H3,(H,33,36)(H,34,35)/t25-/m0/s1. The summed E-state index contributed by atoms with van der Waals surface area (Å²) in [6.07, 6.45) is 1.60. The highest BCUT2D eigenvalue weighted by Gasteiger charge is 2.14. The zero-order valence-corrected chi connectivity index (χ0v) is 22.0. The Hall–Kier alpha value is -3.90. The number of para-hydroxylation sites is 1. The van der Waals surface area contributed by atoms with Crippen molar-refractivity contribution in [3.8, 4) is 11.3 Å². The first kappa shape index (κ1) is 27.1. The van der Waals surface area contributed by atoms with Crippen LogP contribution in [0.25, 0.3) is 22.3 Å². The molecule has 0 aliphatic heterocycles. The summed E-state index contributed by atoms with van der Waals surface area (Å²) in [7, 11) is 0. The summed E-state index contributed by atoms with van der Waals surface area (Å²) in [5.41, 5.74) is 4.82. The van der Waals surface area contributed by atoms with Crippen molar-refractivity contribution in [2.45, 2.75) is 33.1 Å². The third-order valence-corrected chi connectivity index (χ3v) is 6.36. The SMILES string of the molecule is CC(C)COC[C@H](Cc1ccc(C(=O)NCCC(=O)O)cc1)Cc1ccc(-c2cc3ccccc3o2)cc1. The average molecular weight is 514 g/mol. The van der Waals surface area contributed by atoms with Gasteiger partial charge in [-0.1, -0.05) is 68.4 Å². The van der Waals surface area contributed by atoms with E-state index in [0.717, 1.165) is 47.3 Å². The number of hydrogen-bond donors (Lipinski definition) is 2. The monoisotopic (exact) mass is 513 g/mol. The largest absolute Gasteiger partial charge is 0.481 e. The number of carbonyl (C=O) groups is 2. The zero-order chi connectivity index (χ0) is 26.9. The van der Waals surface area contributed by atoms with Crippen LogP contribution in [-0.2, 0) is 22.4 Å². The first-order valence-corrected chi connectivity index (χ1v) is 13.1. The van der Waals surface area contributed by atoms with Crippen LogP contribution in [-0.4, -0.2) is 36.7 Å². The van der Waals surface area contributed by atoms with E-state index in [1.54, 1.807) is 12.1 Å². The van der Waals surface area contributed by atoms with Gasteiger partial charge in [0.15, 0.2) is 0 Å². The van der Waals surface area contributed by atoms with Crippen LogP contribution in [0.2, 0.25) is 0 Å². The molecule has 6 nitrogen and oxygen atoms in total. The molecule has 0 aliphatic carbocycles. The second-order valence-corrected chi connectivity index (χ2v) is 10.1. The summed E-state index contributed by atoms with van der Waals surface area (Å²) in [5, 5.41) is 12.5. The van der Waals surface area contributed by atoms with Gasteiger partial charge in [0.05, 0.1) is 13.0 Å². The van der Waals surface area contributed by atoms with Crippen LogP contribution >= 0.6 is 0 Å². The second kappa shape index (κ2) is 13.1. The fraction of sp³-hybridized carbons (Fsp3) is 0.312. The maximum absolute atomic E-state index is 12.3. The minimum atomic E-state index is -0.935. The zero-order valence-electron chi connectivity index (χ0n) is 22.0. The van der Waals surface area contributed by atoms with Gasteiger partial charge >= 0.3 is 5.97 Å². The van der Waals surface area contributed by atoms with Crippen molar-refractivity contribution in [1.29, 1.82) is 0 Å². The molecule has 4 rings (SSSR count). The summed E-state index contributed by atoms with van der Waals surface area (Å²) in [6.45, 7) is 5.77. The minimum absolute atomic E-state index is 0.0961. The van der Waals surface area contributed by atoms with Crippen LogP contribution in [0.4, 0.5) is 0 Å². The van der Waals surface area contributed by atoms with Crippen LogP contribution in [0.15, 0.2) is 83.3 Å². The average Bonchev–Trinajstić information content (AvgIpc) is 3.33. The molecule has 0 radical (unpaired) electrons. The van der Waals surface area contributed by atoms with Crippen molar-refractivity contribution in [2.24, 2.45) is 11.8 Å². The van der Waals surface area contributed by atoms with E-state index in [2.05, 4.69) is 55.6 Å². The van der Waals surface area contributed by atoms with Gasteiger partial charge in [-0.05, 0) is 60.1 Å². The van der Waals surface area contributed by atoms with Gasteiger partial charge in [-0.3, -0.25) is 9.59 Å². The maximum atomic E-state index is 12.3. The molecule has 198 valence electrons. The smallest absolute Gasteiger partial charge is 0.305 e. The van der Waals surface area contributed by atoms with E-state index in [1.807, 2.05) is 30.3 Å². The number of furan rings is 1. The van der Waals surface area contributed by atoms with Gasteiger partial charge in [0.2, 0.25) is 0 Å². The predicted molar refractivity (Wildman–Crippen MR) is 149 cm³/mol. The summed E-state index contributed by atoms with van der Waals surface area (Å²) < 4.78 is 12.0. The van der Waals surface area contributed by atoms with Crippen molar-refractivity contribution >= 4 is 22.8 Å². The minimum Gasteiger partial charge on any atom is -0.481 e. The van der Waals surface area contributed by atoms with Gasteiger partial charge in [-0.25, -0.2) is 0 Å². The van der Waals surface area contributed by atoms with Gasteiger partial charge in [0, 0.05) is 29.7 Å². The van der Waals surface area contributed by atoms with Crippen molar-refractivity contribution in [3.05, 3.63) is 95.6 Å². The number of carboxylic acid groups (broad SMARTS) is 1. The maximum Gasteiger partial charge on any atom is 0.305 e. The molecule has 6 heteroatoms. The summed E-state index contributed by atoms with van der Waals surface area (Å²) in [6, 6.07) is 26.1. The lowest BCUT2D eigenvalue weighted by Crippen LogP contribution is -2.26. The van der Waals surface area contributed by atoms with Gasteiger partial charge in [0.25, 0.3) is 5.91 Å². The number of rotatable bonds is 13. The molecule has 0 saturated heterocycles. The topological polar surface area (TPSA) is 88.8 Å². The number of ether oxygens (including phenoxy) is 1. The number of carboxylic acids is 1. The van der Waals surface area contributed by atoms with E-state index in [0.29, 0.717) is 18.1 Å². The molecule has 0 unspecified atom stereocenters. The Kier molecular flexibility index (Phi) is 9.33. The van der Waals surface area contributed by atoms with Crippen molar-refractivity contribution in [2.75, 3.05) is 19.8 Å². The lowest BCUT2D eigenvalue weighted by atomic mass is 9.92. The van der Waals surface area contributed by atoms with Crippen LogP contribution in [0, 0.1) is 11.8 Å². The van der Waals surface area contributed by atoms with Crippen LogP contribution in [0.1, 0.15) is 41.8 Å². The van der Waals surface area contributed by atoms with Gasteiger partial charge in [0.1, 0.15) is 11.3 Å². The number of benzene rings is 3. The van der Waals surface area contributed by atoms with E-state index in [-0.39, 0.29) is 24.8 Å². The Balaban J connectivity index is 1.40. The summed E-state index contributed by atoms with van der Waals surface area (Å²) in [5.74, 6) is 0.412. The quantitative estimate of drug-likeness (QED) is 0.217. The highest BCUT2D eigenvalue weighted by Crippen LogP contribution is 2.28. The number of amides is 1. The van der Waals surface area contributed by atoms with E-state index < -0.39 is 5.97 Å². The van der Waals surface area contributed by atoms with Crippen molar-refractivity contribution in [1.82, 2.24) is 5.32 Å². The van der Waals surface area contributed by atoms with E-state index >= 15 is 0 Å². The van der Waals surface area contributed by atoms with E-state index in [1.165, 1.54) is 5.56 Å². The van der Waals surface area contributed by atoms with Crippen LogP contribution in [0.5, 0.6) is 0 Å². The lowest BCUT2D eigenvalue weighted by Gasteiger charge is -2.19. The van der Waals surface area contributed by atoms with E-state index in [4.69, 9.17) is 14.3 Å². The lowest BCUT2D eigenvalue weighted by molar-refractivity contribution is -0.136. The molecule has 0 fully saturated rings. The molecule has 0 spiro atoms. The number of aliphatic carboxylic acids is 1. The molecule has 0 bridgehead atoms. The molecule has 1 heterocycles. The molecule has 0 aliphatic rings. The van der Waals surface area contributed by atoms with Crippen molar-refractivity contribution in [3.63, 3.8) is 0 Å². The fourth-order valence-corrected chi connectivity index (χ4v) is 4.43. The molecular weight excluding hydrogens is 478 g/mol. The molecule has 3 aromatic carbocycles. The highest BCUT2D eigenvalue weighted by atomic mass is 16.5. The number of nitrogens with one attached hydrogen (secondary N) is 1. The molecule has 4 aromatic rings.